The highest BCUT2D eigenvalue weighted by molar-refractivity contribution is 14.1. The van der Waals surface area contributed by atoms with E-state index in [9.17, 15) is 52.7 Å². The smallest absolute Gasteiger partial charge is 0.246 e. The van der Waals surface area contributed by atoms with E-state index in [1.807, 2.05) is 52.8 Å². The van der Waals surface area contributed by atoms with Crippen molar-refractivity contribution < 1.29 is 62.3 Å². The minimum Gasteiger partial charge on any atom is -0.497 e. The zero-order valence-corrected chi connectivity index (χ0v) is 61.8. The van der Waals surface area contributed by atoms with Gasteiger partial charge < -0.3 is 65.2 Å². The number of likely N-dealkylation sites (N-methyl/N-ethyl adjacent to an activating group) is 6. The number of carbonyl (C=O) groups is 12. The molecule has 3 fully saturated rings. The third kappa shape index (κ3) is 19.9. The molecule has 5 rings (SSSR count). The number of benzene rings is 2. The van der Waals surface area contributed by atoms with E-state index in [0.29, 0.717) is 62.1 Å². The molecule has 3 saturated heterocycles. The van der Waals surface area contributed by atoms with Crippen molar-refractivity contribution in [2.75, 3.05) is 75.6 Å². The van der Waals surface area contributed by atoms with E-state index in [1.54, 1.807) is 43.0 Å². The fourth-order valence-corrected chi connectivity index (χ4v) is 12.9. The lowest BCUT2D eigenvalue weighted by atomic mass is 9.95. The van der Waals surface area contributed by atoms with Crippen LogP contribution < -0.4 is 26.0 Å². The maximum atomic E-state index is 15.1. The lowest BCUT2D eigenvalue weighted by Gasteiger charge is -2.45. The molecule has 0 saturated carbocycles. The number of fused-ring (bicyclic) bond motifs is 1. The number of nitrogens with zero attached hydrogens (tertiary/aromatic N) is 8. The third-order valence-corrected chi connectivity index (χ3v) is 20.3. The monoisotopic (exact) mass is 1450 g/mol. The Bertz CT molecular complexity index is 3120. The van der Waals surface area contributed by atoms with Crippen molar-refractivity contribution in [3.05, 3.63) is 62.7 Å². The Labute approximate surface area is 581 Å². The zero-order chi connectivity index (χ0) is 71.8. The van der Waals surface area contributed by atoms with Gasteiger partial charge in [0, 0.05) is 78.3 Å². The van der Waals surface area contributed by atoms with Gasteiger partial charge in [-0.3, -0.25) is 57.5 Å². The van der Waals surface area contributed by atoms with E-state index in [0.717, 1.165) is 20.5 Å². The molecule has 26 heteroatoms. The normalized spacial score (nSPS) is 25.6. The Hall–Kier alpha value is -7.39. The summed E-state index contributed by atoms with van der Waals surface area (Å²) in [6.45, 7) is 17.7. The Morgan fingerprint density at radius 2 is 1.32 bits per heavy atom. The molecule has 0 spiro atoms. The lowest BCUT2D eigenvalue weighted by Crippen LogP contribution is -2.65. The van der Waals surface area contributed by atoms with E-state index in [-0.39, 0.29) is 51.0 Å². The van der Waals surface area contributed by atoms with Crippen LogP contribution in [0.2, 0.25) is 0 Å². The van der Waals surface area contributed by atoms with Crippen molar-refractivity contribution in [3.63, 3.8) is 0 Å². The predicted octanol–water partition coefficient (Wildman–Crippen LogP) is 4.07. The first-order chi connectivity index (χ1) is 45.1. The molecular weight excluding hydrogens is 1340 g/mol. The highest BCUT2D eigenvalue weighted by Gasteiger charge is 2.47. The molecule has 0 radical (unpaired) electrons. The van der Waals surface area contributed by atoms with Crippen LogP contribution in [0, 0.1) is 22.3 Å². The number of rotatable bonds is 14. The number of halogens is 1. The summed E-state index contributed by atoms with van der Waals surface area (Å²) in [4.78, 5) is 188. The van der Waals surface area contributed by atoms with Crippen molar-refractivity contribution in [2.45, 2.75) is 213 Å². The molecular formula is C70H107IN12O13. The summed E-state index contributed by atoms with van der Waals surface area (Å²) in [5.41, 5.74) is 0.481. The molecule has 2 aromatic carbocycles. The van der Waals surface area contributed by atoms with Gasteiger partial charge in [-0.1, -0.05) is 79.0 Å². The van der Waals surface area contributed by atoms with E-state index in [2.05, 4.69) is 43.9 Å². The summed E-state index contributed by atoms with van der Waals surface area (Å²) in [5, 5.41) is 11.5. The number of unbranched alkanes of at least 4 members (excludes halogenated alkanes) is 1. The molecule has 25 nitrogen and oxygen atoms in total. The first-order valence-corrected chi connectivity index (χ1v) is 35.0. The largest absolute Gasteiger partial charge is 0.497 e. The third-order valence-electron chi connectivity index (χ3n) is 19.7. The number of aryl methyl sites for hydroxylation is 1. The summed E-state index contributed by atoms with van der Waals surface area (Å²) < 4.78 is 6.24. The molecule has 10 atom stereocenters. The Kier molecular flexibility index (Phi) is 29.5. The van der Waals surface area contributed by atoms with Crippen molar-refractivity contribution in [1.29, 1.82) is 0 Å². The number of ether oxygens (including phenoxy) is 1. The van der Waals surface area contributed by atoms with Gasteiger partial charge in [-0.15, -0.1) is 0 Å². The maximum absolute atomic E-state index is 15.1. The summed E-state index contributed by atoms with van der Waals surface area (Å²) in [6.07, 6.45) is 3.70. The van der Waals surface area contributed by atoms with Crippen molar-refractivity contribution in [2.24, 2.45) is 11.8 Å². The second kappa shape index (κ2) is 35.7. The van der Waals surface area contributed by atoms with Gasteiger partial charge in [-0.2, -0.15) is 0 Å². The van der Waals surface area contributed by atoms with Gasteiger partial charge in [0.05, 0.1) is 20.1 Å². The number of methoxy groups -OCH3 is 1. The molecule has 0 aromatic heterocycles. The van der Waals surface area contributed by atoms with Crippen molar-refractivity contribution in [1.82, 2.24) is 60.5 Å². The first-order valence-electron chi connectivity index (χ1n) is 33.9. The number of hydrogen-bond acceptors (Lipinski definition) is 13. The second-order valence-electron chi connectivity index (χ2n) is 27.2. The van der Waals surface area contributed by atoms with E-state index in [1.165, 1.54) is 99.6 Å². The summed E-state index contributed by atoms with van der Waals surface area (Å²) in [7, 11) is 10.0. The minimum absolute atomic E-state index is 0.0269. The quantitative estimate of drug-likeness (QED) is 0.194. The van der Waals surface area contributed by atoms with Gasteiger partial charge >= 0.3 is 0 Å². The molecule has 0 bridgehead atoms. The van der Waals surface area contributed by atoms with Gasteiger partial charge in [-0.05, 0) is 148 Å². The summed E-state index contributed by atoms with van der Waals surface area (Å²) in [6, 6.07) is 1.56. The fourth-order valence-electron chi connectivity index (χ4n) is 12.4. The van der Waals surface area contributed by atoms with Crippen LogP contribution in [-0.4, -0.2) is 246 Å². The Morgan fingerprint density at radius 1 is 0.677 bits per heavy atom. The highest BCUT2D eigenvalue weighted by Crippen LogP contribution is 2.27. The molecule has 532 valence electrons. The fraction of sp³-hybridized carbons (Fsp3) is 0.657. The summed E-state index contributed by atoms with van der Waals surface area (Å²) >= 11 is 2.15. The summed E-state index contributed by atoms with van der Waals surface area (Å²) in [5.74, 6) is -7.88. The molecule has 96 heavy (non-hydrogen) atoms. The van der Waals surface area contributed by atoms with Crippen LogP contribution in [-0.2, 0) is 70.4 Å². The van der Waals surface area contributed by atoms with Crippen LogP contribution in [0.5, 0.6) is 5.75 Å². The van der Waals surface area contributed by atoms with Crippen LogP contribution in [0.3, 0.4) is 0 Å². The molecule has 2 aromatic rings. The molecule has 12 amide bonds. The average Bonchev–Trinajstić information content (AvgIpc) is 0.837. The average molecular weight is 1450 g/mol. The van der Waals surface area contributed by atoms with E-state index < -0.39 is 150 Å². The number of nitrogens with one attached hydrogen (secondary N) is 4. The van der Waals surface area contributed by atoms with Gasteiger partial charge in [0.25, 0.3) is 0 Å². The van der Waals surface area contributed by atoms with Crippen LogP contribution >= 0.6 is 22.6 Å². The van der Waals surface area contributed by atoms with Crippen molar-refractivity contribution in [3.8, 4) is 5.75 Å². The predicted molar refractivity (Wildman–Crippen MR) is 372 cm³/mol. The first kappa shape index (κ1) is 79.3. The molecule has 3 aliphatic rings. The van der Waals surface area contributed by atoms with Crippen LogP contribution in [0.4, 0.5) is 0 Å². The standard InChI is InChI=1S/C70H107IN12O13/c1-18-21-25-50-64(90)81(16)70(9,10)69(95)74-52(36-42(4)5)63(89)79(14)56(67(93)82-33-23-22-24-34-82)40-58(85)78(13)53(20-3)61(87)75-59(43(6)19-2)68(94)77(12)45(8)62(88)83-35-32-54(83)66(92)80(15)55(37-46-27-30-49(96-17)31-28-46)65(91)76(11)41-57(84)72-51(60(86)73-50)39-47-38-48(71)29-26-44(47)7/h26-31,38,42-43,45,50-56,59H,18-25,32-37,39-41H2,1-17H3,(H,72,84)(H,73,86)(H,74,95)(H,75,87)/t43-,45-,50-,51-,52-,53-,54-,55-,56-,59-/m0/s1. The molecule has 0 unspecified atom stereocenters. The zero-order valence-electron chi connectivity index (χ0n) is 59.7. The second-order valence-corrected chi connectivity index (χ2v) is 28.5. The molecule has 3 heterocycles. The SMILES string of the molecule is CCCC[C@@H]1NC(=O)[C@H](Cc2cc(I)ccc2C)NC(=O)CN(C)C(=O)[C@H](Cc2ccc(OC)cc2)N(C)C(=O)[C@@H]2CCN2C(=O)[C@H](C)N(C)C(=O)[C@H]([C@@H](C)CC)NC(=O)[C@H](CC)N(C)C(=O)C[C@@H](C(=O)N2CCCCC2)N(C)C(=O)[C@H](CC(C)C)NC(=O)C(C)(C)N(C)C1=O. The Balaban J connectivity index is 1.63. The van der Waals surface area contributed by atoms with Crippen LogP contribution in [0.15, 0.2) is 42.5 Å². The lowest BCUT2D eigenvalue weighted by molar-refractivity contribution is -0.160. The highest BCUT2D eigenvalue weighted by atomic mass is 127. The van der Waals surface area contributed by atoms with Gasteiger partial charge in [0.15, 0.2) is 0 Å². The number of piperidine rings is 1. The minimum atomic E-state index is -1.69. The molecule has 3 aliphatic heterocycles. The topological polar surface area (TPSA) is 288 Å². The van der Waals surface area contributed by atoms with Gasteiger partial charge in [0.1, 0.15) is 65.7 Å². The van der Waals surface area contributed by atoms with E-state index in [4.69, 9.17) is 4.74 Å². The van der Waals surface area contributed by atoms with Crippen LogP contribution in [0.1, 0.15) is 150 Å². The number of carbonyl (C=O) groups excluding carboxylic acids is 12. The Morgan fingerprint density at radius 3 is 1.90 bits per heavy atom. The number of hydrogen-bond donors (Lipinski definition) is 4. The van der Waals surface area contributed by atoms with E-state index >= 15 is 4.79 Å². The molecule has 0 aliphatic carbocycles. The maximum Gasteiger partial charge on any atom is 0.246 e. The number of likely N-dealkylation sites (tertiary alicyclic amines) is 1. The van der Waals surface area contributed by atoms with Gasteiger partial charge in [-0.25, -0.2) is 0 Å². The number of amides is 12. The van der Waals surface area contributed by atoms with Crippen LogP contribution in [0.25, 0.3) is 0 Å². The molecule has 4 N–H and O–H groups in total. The van der Waals surface area contributed by atoms with Crippen molar-refractivity contribution >= 4 is 93.5 Å². The van der Waals surface area contributed by atoms with Gasteiger partial charge in [0.2, 0.25) is 70.9 Å².